The fourth-order valence-electron chi connectivity index (χ4n) is 4.62. The molecule has 3 aromatic rings. The number of fused-ring (bicyclic) bond motifs is 1. The molecule has 1 fully saturated rings. The minimum absolute atomic E-state index is 0.0563. The first-order valence-electron chi connectivity index (χ1n) is 11.1. The lowest BCUT2D eigenvalue weighted by molar-refractivity contribution is -0.0395. The Kier molecular flexibility index (Phi) is 6.38. The van der Waals surface area contributed by atoms with E-state index >= 15 is 0 Å². The molecule has 1 aromatic carbocycles. The number of benzene rings is 1. The number of carbonyl (C=O) groups is 1. The van der Waals surface area contributed by atoms with Crippen molar-refractivity contribution in [2.75, 3.05) is 5.32 Å². The fourth-order valence-corrected chi connectivity index (χ4v) is 4.77. The van der Waals surface area contributed by atoms with Gasteiger partial charge in [0.1, 0.15) is 16.5 Å². The maximum atomic E-state index is 13.7. The Hall–Kier alpha value is -3.00. The zero-order valence-electron chi connectivity index (χ0n) is 19.0. The molecule has 0 amide bonds. The van der Waals surface area contributed by atoms with Gasteiger partial charge in [-0.15, -0.1) is 0 Å². The van der Waals surface area contributed by atoms with Crippen molar-refractivity contribution in [2.45, 2.75) is 64.3 Å². The van der Waals surface area contributed by atoms with Crippen LogP contribution in [0.5, 0.6) is 0 Å². The number of carboxylic acid groups (broad SMARTS) is 1. The molecule has 2 aromatic heterocycles. The molecule has 0 saturated heterocycles. The van der Waals surface area contributed by atoms with Crippen molar-refractivity contribution in [1.29, 1.82) is 0 Å². The third-order valence-electron chi connectivity index (χ3n) is 6.42. The highest BCUT2D eigenvalue weighted by atomic mass is 35.5. The van der Waals surface area contributed by atoms with E-state index in [4.69, 9.17) is 16.0 Å². The van der Waals surface area contributed by atoms with E-state index in [1.807, 2.05) is 19.9 Å². The molecule has 6 nitrogen and oxygen atoms in total. The number of rotatable bonds is 5. The number of pyridine rings is 1. The van der Waals surface area contributed by atoms with Gasteiger partial charge in [0.15, 0.2) is 11.1 Å². The van der Waals surface area contributed by atoms with Gasteiger partial charge in [-0.25, -0.2) is 18.6 Å². The van der Waals surface area contributed by atoms with Crippen molar-refractivity contribution in [3.63, 3.8) is 0 Å². The van der Waals surface area contributed by atoms with Gasteiger partial charge in [0.05, 0.1) is 17.1 Å². The van der Waals surface area contributed by atoms with Gasteiger partial charge in [0.25, 0.3) is 0 Å². The van der Waals surface area contributed by atoms with Gasteiger partial charge in [-0.3, -0.25) is 4.79 Å². The topological polar surface area (TPSA) is 92.4 Å². The molecule has 0 radical (unpaired) electrons. The molecule has 1 atom stereocenters. The second-order valence-electron chi connectivity index (χ2n) is 8.98. The fraction of sp³-hybridized carbons (Fsp3) is 0.400. The van der Waals surface area contributed by atoms with E-state index in [2.05, 4.69) is 10.3 Å². The maximum absolute atomic E-state index is 13.7. The van der Waals surface area contributed by atoms with E-state index in [1.165, 1.54) is 12.1 Å². The molecule has 1 aliphatic rings. The molecule has 34 heavy (non-hydrogen) atoms. The highest BCUT2D eigenvalue weighted by molar-refractivity contribution is 6.29. The highest BCUT2D eigenvalue weighted by Gasteiger charge is 2.37. The van der Waals surface area contributed by atoms with Gasteiger partial charge in [-0.1, -0.05) is 17.7 Å². The van der Waals surface area contributed by atoms with Crippen LogP contribution in [0.15, 0.2) is 33.5 Å². The highest BCUT2D eigenvalue weighted by Crippen LogP contribution is 2.42. The van der Waals surface area contributed by atoms with Crippen molar-refractivity contribution in [2.24, 2.45) is 0 Å². The SMILES string of the molecule is Cc1cc(C(C)Nc2ccc(Cl)nc2C(=O)O)c2oc(C3CCC(F)(F)CC3)c(C)c(=O)c2c1. The Balaban J connectivity index is 1.79. The number of alkyl halides is 2. The lowest BCUT2D eigenvalue weighted by Crippen LogP contribution is -2.25. The summed E-state index contributed by atoms with van der Waals surface area (Å²) in [6.45, 7) is 5.35. The van der Waals surface area contributed by atoms with Gasteiger partial charge in [-0.05, 0) is 57.4 Å². The molecule has 1 aliphatic carbocycles. The molecule has 2 N–H and O–H groups in total. The van der Waals surface area contributed by atoms with E-state index in [-0.39, 0.29) is 53.6 Å². The first-order valence-corrected chi connectivity index (χ1v) is 11.5. The van der Waals surface area contributed by atoms with Crippen LogP contribution in [-0.4, -0.2) is 22.0 Å². The van der Waals surface area contributed by atoms with E-state index in [9.17, 15) is 23.5 Å². The van der Waals surface area contributed by atoms with Crippen LogP contribution in [0.4, 0.5) is 14.5 Å². The summed E-state index contributed by atoms with van der Waals surface area (Å²) in [4.78, 5) is 28.8. The molecule has 9 heteroatoms. The maximum Gasteiger partial charge on any atom is 0.356 e. The third kappa shape index (κ3) is 4.64. The molecule has 0 bridgehead atoms. The number of hydrogen-bond acceptors (Lipinski definition) is 5. The van der Waals surface area contributed by atoms with E-state index in [0.29, 0.717) is 27.9 Å². The average molecular weight is 491 g/mol. The molecule has 0 aliphatic heterocycles. The van der Waals surface area contributed by atoms with Crippen molar-refractivity contribution in [3.8, 4) is 0 Å². The van der Waals surface area contributed by atoms with Crippen molar-refractivity contribution in [3.05, 3.63) is 67.8 Å². The first-order chi connectivity index (χ1) is 16.0. The number of halogens is 3. The van der Waals surface area contributed by atoms with Crippen LogP contribution in [0, 0.1) is 13.8 Å². The standard InChI is InChI=1S/C25H25ClF2N2O4/c1-12-10-16(14(3)29-18-4-5-19(26)30-20(18)24(32)33)23-17(11-12)21(31)13(2)22(34-23)15-6-8-25(27,28)9-7-15/h4-5,10-11,14-15,29H,6-9H2,1-3H3,(H,32,33). The zero-order chi connectivity index (χ0) is 24.8. The van der Waals surface area contributed by atoms with Gasteiger partial charge < -0.3 is 14.8 Å². The molecular formula is C25H25ClF2N2O4. The predicted octanol–water partition coefficient (Wildman–Crippen LogP) is 6.62. The normalized spacial score (nSPS) is 17.0. The van der Waals surface area contributed by atoms with Crippen LogP contribution >= 0.6 is 11.6 Å². The number of nitrogens with one attached hydrogen (secondary N) is 1. The molecular weight excluding hydrogens is 466 g/mol. The Morgan fingerprint density at radius 2 is 1.94 bits per heavy atom. The quantitative estimate of drug-likeness (QED) is 0.390. The van der Waals surface area contributed by atoms with Crippen molar-refractivity contribution >= 4 is 34.2 Å². The number of nitrogens with zero attached hydrogens (tertiary/aromatic N) is 1. The van der Waals surface area contributed by atoms with E-state index in [0.717, 1.165) is 5.56 Å². The van der Waals surface area contributed by atoms with Crippen LogP contribution in [0.1, 0.15) is 77.5 Å². The van der Waals surface area contributed by atoms with Crippen LogP contribution in [0.3, 0.4) is 0 Å². The Bertz CT molecular complexity index is 1330. The summed E-state index contributed by atoms with van der Waals surface area (Å²) >= 11 is 5.86. The van der Waals surface area contributed by atoms with Crippen molar-refractivity contribution in [1.82, 2.24) is 4.98 Å². The number of aromatic nitrogens is 1. The minimum atomic E-state index is -2.68. The van der Waals surface area contributed by atoms with Crippen LogP contribution in [0.2, 0.25) is 5.15 Å². The summed E-state index contributed by atoms with van der Waals surface area (Å²) in [5.41, 5.74) is 2.15. The zero-order valence-corrected chi connectivity index (χ0v) is 19.8. The molecule has 180 valence electrons. The second-order valence-corrected chi connectivity index (χ2v) is 9.37. The van der Waals surface area contributed by atoms with Gasteiger partial charge >= 0.3 is 5.97 Å². The van der Waals surface area contributed by atoms with Gasteiger partial charge in [0.2, 0.25) is 5.92 Å². The lowest BCUT2D eigenvalue weighted by Gasteiger charge is -2.28. The molecule has 2 heterocycles. The monoisotopic (exact) mass is 490 g/mol. The smallest absolute Gasteiger partial charge is 0.356 e. The number of carboxylic acids is 1. The number of aryl methyl sites for hydroxylation is 1. The Morgan fingerprint density at radius 3 is 2.59 bits per heavy atom. The molecule has 0 spiro atoms. The summed E-state index contributed by atoms with van der Waals surface area (Å²) in [6, 6.07) is 6.16. The Morgan fingerprint density at radius 1 is 1.26 bits per heavy atom. The number of hydrogen-bond donors (Lipinski definition) is 2. The lowest BCUT2D eigenvalue weighted by atomic mass is 9.83. The molecule has 1 saturated carbocycles. The third-order valence-corrected chi connectivity index (χ3v) is 6.63. The van der Waals surface area contributed by atoms with Crippen LogP contribution < -0.4 is 10.7 Å². The van der Waals surface area contributed by atoms with Gasteiger partial charge in [0, 0.05) is 29.9 Å². The number of anilines is 1. The Labute approximate surface area is 200 Å². The summed E-state index contributed by atoms with van der Waals surface area (Å²) < 4.78 is 33.7. The summed E-state index contributed by atoms with van der Waals surface area (Å²) in [5.74, 6) is -3.72. The average Bonchev–Trinajstić information content (AvgIpc) is 2.77. The molecule has 1 unspecified atom stereocenters. The predicted molar refractivity (Wildman–Crippen MR) is 126 cm³/mol. The van der Waals surface area contributed by atoms with E-state index in [1.54, 1.807) is 13.0 Å². The summed E-state index contributed by atoms with van der Waals surface area (Å²) in [7, 11) is 0. The van der Waals surface area contributed by atoms with Crippen molar-refractivity contribution < 1.29 is 23.1 Å². The molecule has 4 rings (SSSR count). The number of aromatic carboxylic acids is 1. The van der Waals surface area contributed by atoms with E-state index < -0.39 is 17.9 Å². The van der Waals surface area contributed by atoms with Crippen LogP contribution in [0.25, 0.3) is 11.0 Å². The second kappa shape index (κ2) is 8.98. The van der Waals surface area contributed by atoms with Gasteiger partial charge in [-0.2, -0.15) is 0 Å². The van der Waals surface area contributed by atoms with Crippen LogP contribution in [-0.2, 0) is 0 Å². The summed E-state index contributed by atoms with van der Waals surface area (Å²) in [6.07, 6.45) is 0.0175. The summed E-state index contributed by atoms with van der Waals surface area (Å²) in [5, 5.41) is 13.1. The first kappa shape index (κ1) is 24.1. The largest absolute Gasteiger partial charge is 0.476 e. The minimum Gasteiger partial charge on any atom is -0.476 e.